The van der Waals surface area contributed by atoms with Crippen molar-refractivity contribution in [2.75, 3.05) is 11.9 Å². The quantitative estimate of drug-likeness (QED) is 0.799. The molecule has 0 amide bonds. The molecule has 0 bridgehead atoms. The Labute approximate surface area is 148 Å². The highest BCUT2D eigenvalue weighted by Gasteiger charge is 2.22. The van der Waals surface area contributed by atoms with Crippen molar-refractivity contribution < 1.29 is 0 Å². The minimum Gasteiger partial charge on any atom is -0.369 e. The standard InChI is InChI=1S/C17H21N5O2S/c1-22-16(23)14(15(21-17(22)24)19-8-10-6-7-10)18-9-13-20-11-4-2-3-5-12(11)25-13/h9-10,19H,2-8H2,1H3,(H,21,24). The zero-order valence-corrected chi connectivity index (χ0v) is 15.0. The summed E-state index contributed by atoms with van der Waals surface area (Å²) in [6, 6.07) is 0. The highest BCUT2D eigenvalue weighted by molar-refractivity contribution is 7.13. The van der Waals surface area contributed by atoms with E-state index in [0.717, 1.165) is 29.0 Å². The van der Waals surface area contributed by atoms with Gasteiger partial charge in [-0.1, -0.05) is 0 Å². The van der Waals surface area contributed by atoms with Gasteiger partial charge in [0.15, 0.2) is 5.69 Å². The number of hydrogen-bond acceptors (Lipinski definition) is 6. The van der Waals surface area contributed by atoms with Gasteiger partial charge in [-0.3, -0.25) is 14.3 Å². The number of rotatable bonds is 5. The van der Waals surface area contributed by atoms with Crippen LogP contribution in [0.5, 0.6) is 0 Å². The molecule has 0 aliphatic heterocycles. The summed E-state index contributed by atoms with van der Waals surface area (Å²) in [7, 11) is 1.45. The molecule has 25 heavy (non-hydrogen) atoms. The average Bonchev–Trinajstić information content (AvgIpc) is 3.34. The third-order valence-electron chi connectivity index (χ3n) is 4.71. The fourth-order valence-corrected chi connectivity index (χ4v) is 4.00. The Kier molecular flexibility index (Phi) is 4.29. The Balaban J connectivity index is 1.65. The van der Waals surface area contributed by atoms with E-state index < -0.39 is 11.2 Å². The van der Waals surface area contributed by atoms with E-state index in [-0.39, 0.29) is 5.69 Å². The highest BCUT2D eigenvalue weighted by Crippen LogP contribution is 2.30. The van der Waals surface area contributed by atoms with Gasteiger partial charge in [0.25, 0.3) is 5.56 Å². The molecule has 0 saturated heterocycles. The molecule has 2 aromatic rings. The molecular formula is C17H21N5O2S. The number of aliphatic imine (C=N–C) groups is 1. The molecule has 0 unspecified atom stereocenters. The van der Waals surface area contributed by atoms with Crippen LogP contribution in [0.15, 0.2) is 14.6 Å². The van der Waals surface area contributed by atoms with Crippen molar-refractivity contribution in [1.82, 2.24) is 14.5 Å². The fraction of sp³-hybridized carbons (Fsp3) is 0.529. The molecule has 1 saturated carbocycles. The van der Waals surface area contributed by atoms with E-state index in [1.54, 1.807) is 17.6 Å². The first-order valence-electron chi connectivity index (χ1n) is 8.71. The third kappa shape index (κ3) is 3.44. The van der Waals surface area contributed by atoms with Crippen LogP contribution < -0.4 is 16.6 Å². The van der Waals surface area contributed by atoms with Crippen molar-refractivity contribution in [2.24, 2.45) is 18.0 Å². The summed E-state index contributed by atoms with van der Waals surface area (Å²) >= 11 is 1.64. The number of hydrogen-bond donors (Lipinski definition) is 2. The van der Waals surface area contributed by atoms with Crippen molar-refractivity contribution in [3.05, 3.63) is 36.4 Å². The van der Waals surface area contributed by atoms with Crippen LogP contribution in [0.2, 0.25) is 0 Å². The maximum absolute atomic E-state index is 12.5. The molecule has 0 aromatic carbocycles. The molecule has 4 rings (SSSR count). The van der Waals surface area contributed by atoms with Gasteiger partial charge in [0, 0.05) is 18.5 Å². The number of aromatic nitrogens is 3. The highest BCUT2D eigenvalue weighted by atomic mass is 32.1. The Hall–Kier alpha value is -2.22. The predicted octanol–water partition coefficient (Wildman–Crippen LogP) is 1.98. The lowest BCUT2D eigenvalue weighted by molar-refractivity contribution is 0.682. The van der Waals surface area contributed by atoms with E-state index in [4.69, 9.17) is 0 Å². The first-order chi connectivity index (χ1) is 12.1. The number of aromatic amines is 1. The molecule has 2 N–H and O–H groups in total. The lowest BCUT2D eigenvalue weighted by atomic mass is 10.0. The molecule has 0 radical (unpaired) electrons. The predicted molar refractivity (Wildman–Crippen MR) is 99.5 cm³/mol. The number of fused-ring (bicyclic) bond motifs is 1. The third-order valence-corrected chi connectivity index (χ3v) is 5.80. The van der Waals surface area contributed by atoms with Crippen molar-refractivity contribution in [3.8, 4) is 0 Å². The number of H-pyrrole nitrogens is 1. The maximum atomic E-state index is 12.5. The van der Waals surface area contributed by atoms with E-state index in [2.05, 4.69) is 20.3 Å². The monoisotopic (exact) mass is 359 g/mol. The second-order valence-electron chi connectivity index (χ2n) is 6.73. The Bertz CT molecular complexity index is 912. The average molecular weight is 359 g/mol. The normalized spacial score (nSPS) is 17.0. The van der Waals surface area contributed by atoms with Crippen LogP contribution in [-0.4, -0.2) is 27.3 Å². The van der Waals surface area contributed by atoms with Crippen LogP contribution in [0.1, 0.15) is 41.3 Å². The summed E-state index contributed by atoms with van der Waals surface area (Å²) in [5.41, 5.74) is 0.557. The maximum Gasteiger partial charge on any atom is 0.329 e. The topological polar surface area (TPSA) is 92.1 Å². The van der Waals surface area contributed by atoms with Crippen LogP contribution in [-0.2, 0) is 19.9 Å². The molecule has 0 spiro atoms. The first-order valence-corrected chi connectivity index (χ1v) is 9.53. The zero-order chi connectivity index (χ0) is 17.4. The lowest BCUT2D eigenvalue weighted by Gasteiger charge is -2.08. The van der Waals surface area contributed by atoms with Crippen LogP contribution >= 0.6 is 11.3 Å². The molecule has 2 aliphatic carbocycles. The van der Waals surface area contributed by atoms with Gasteiger partial charge in [-0.2, -0.15) is 0 Å². The lowest BCUT2D eigenvalue weighted by Crippen LogP contribution is -2.33. The molecule has 7 nitrogen and oxygen atoms in total. The summed E-state index contributed by atoms with van der Waals surface area (Å²) in [6.45, 7) is 0.747. The Morgan fingerprint density at radius 3 is 2.92 bits per heavy atom. The second-order valence-corrected chi connectivity index (χ2v) is 7.84. The summed E-state index contributed by atoms with van der Waals surface area (Å²) < 4.78 is 1.04. The summed E-state index contributed by atoms with van der Waals surface area (Å²) in [5, 5.41) is 3.98. The number of nitrogens with zero attached hydrogens (tertiary/aromatic N) is 3. The van der Waals surface area contributed by atoms with Gasteiger partial charge < -0.3 is 5.32 Å². The van der Waals surface area contributed by atoms with E-state index in [0.29, 0.717) is 11.7 Å². The molecule has 2 aliphatic rings. The van der Waals surface area contributed by atoms with Gasteiger partial charge in [-0.05, 0) is 44.4 Å². The molecule has 8 heteroatoms. The number of thiazole rings is 1. The van der Waals surface area contributed by atoms with E-state index >= 15 is 0 Å². The van der Waals surface area contributed by atoms with E-state index in [1.807, 2.05) is 0 Å². The Morgan fingerprint density at radius 2 is 2.16 bits per heavy atom. The minimum atomic E-state index is -0.438. The Morgan fingerprint density at radius 1 is 1.36 bits per heavy atom. The molecule has 2 aromatic heterocycles. The van der Waals surface area contributed by atoms with Gasteiger partial charge in [0.1, 0.15) is 10.8 Å². The summed E-state index contributed by atoms with van der Waals surface area (Å²) in [5.74, 6) is 1.02. The first kappa shape index (κ1) is 16.3. The molecule has 1 fully saturated rings. The number of nitrogens with one attached hydrogen (secondary N) is 2. The van der Waals surface area contributed by atoms with Crippen molar-refractivity contribution in [3.63, 3.8) is 0 Å². The van der Waals surface area contributed by atoms with Crippen molar-refractivity contribution in [1.29, 1.82) is 0 Å². The van der Waals surface area contributed by atoms with Gasteiger partial charge in [-0.15, -0.1) is 11.3 Å². The summed E-state index contributed by atoms with van der Waals surface area (Å²) in [4.78, 5) is 37.4. The number of aryl methyl sites for hydroxylation is 2. The van der Waals surface area contributed by atoms with Gasteiger partial charge >= 0.3 is 5.69 Å². The molecular weight excluding hydrogens is 338 g/mol. The molecule has 2 heterocycles. The van der Waals surface area contributed by atoms with E-state index in [1.165, 1.54) is 43.3 Å². The van der Waals surface area contributed by atoms with Gasteiger partial charge in [0.2, 0.25) is 0 Å². The van der Waals surface area contributed by atoms with Crippen LogP contribution in [0.4, 0.5) is 11.5 Å². The fourth-order valence-electron chi connectivity index (χ4n) is 2.97. The van der Waals surface area contributed by atoms with Crippen LogP contribution in [0.3, 0.4) is 0 Å². The van der Waals surface area contributed by atoms with Crippen molar-refractivity contribution >= 4 is 29.1 Å². The second kappa shape index (κ2) is 6.59. The molecule has 132 valence electrons. The molecule has 0 atom stereocenters. The largest absolute Gasteiger partial charge is 0.369 e. The van der Waals surface area contributed by atoms with Gasteiger partial charge in [0.05, 0.1) is 11.9 Å². The van der Waals surface area contributed by atoms with Gasteiger partial charge in [-0.25, -0.2) is 14.8 Å². The SMILES string of the molecule is Cn1c(=O)[nH]c(NCC2CC2)c(N=Cc2nc3c(s2)CCCC3)c1=O. The van der Waals surface area contributed by atoms with Crippen molar-refractivity contribution in [2.45, 2.75) is 38.5 Å². The number of anilines is 1. The van der Waals surface area contributed by atoms with Crippen LogP contribution in [0, 0.1) is 5.92 Å². The smallest absolute Gasteiger partial charge is 0.329 e. The zero-order valence-electron chi connectivity index (χ0n) is 14.2. The summed E-state index contributed by atoms with van der Waals surface area (Å²) in [6.07, 6.45) is 8.51. The minimum absolute atomic E-state index is 0.232. The van der Waals surface area contributed by atoms with E-state index in [9.17, 15) is 9.59 Å². The van der Waals surface area contributed by atoms with Crippen LogP contribution in [0.25, 0.3) is 0 Å².